The molecule has 0 aliphatic rings. The molecule has 0 unspecified atom stereocenters. The van der Waals surface area contributed by atoms with Crippen molar-refractivity contribution in [2.24, 2.45) is 0 Å². The average Bonchev–Trinajstić information content (AvgIpc) is 2.36. The van der Waals surface area contributed by atoms with E-state index in [9.17, 15) is 8.42 Å². The van der Waals surface area contributed by atoms with Gasteiger partial charge in [0.05, 0.1) is 13.7 Å². The first-order valence-corrected chi connectivity index (χ1v) is 8.06. The Labute approximate surface area is 121 Å². The number of hydrogen-bond donors (Lipinski definition) is 2. The summed E-state index contributed by atoms with van der Waals surface area (Å²) in [5.74, 6) is 0.266. The fourth-order valence-corrected chi connectivity index (χ4v) is 3.79. The molecule has 0 aliphatic heterocycles. The molecule has 0 aromatic heterocycles. The third-order valence-electron chi connectivity index (χ3n) is 2.99. The minimum absolute atomic E-state index is 0.0516. The lowest BCUT2D eigenvalue weighted by Gasteiger charge is -2.26. The fourth-order valence-electron chi connectivity index (χ4n) is 2.12. The van der Waals surface area contributed by atoms with Gasteiger partial charge in [-0.1, -0.05) is 19.4 Å². The first-order chi connectivity index (χ1) is 9.25. The molecule has 5 nitrogen and oxygen atoms in total. The van der Waals surface area contributed by atoms with Crippen LogP contribution in [0.2, 0.25) is 0 Å². The first-order valence-electron chi connectivity index (χ1n) is 6.57. The summed E-state index contributed by atoms with van der Waals surface area (Å²) in [5.41, 5.74) is -0.00663. The number of nitrogens with one attached hydrogen (secondary N) is 1. The molecule has 0 bridgehead atoms. The maximum absolute atomic E-state index is 12.5. The van der Waals surface area contributed by atoms with Gasteiger partial charge in [-0.25, -0.2) is 13.1 Å². The smallest absolute Gasteiger partial charge is 0.244 e. The Kier molecular flexibility index (Phi) is 5.56. The number of aliphatic hydroxyl groups excluding tert-OH is 1. The SMILES string of the molecule is CCCC(C)(C)NS(=O)(=O)c1cc(CO)ccc1OC. The van der Waals surface area contributed by atoms with Crippen LogP contribution >= 0.6 is 0 Å². The summed E-state index contributed by atoms with van der Waals surface area (Å²) in [6.45, 7) is 5.47. The van der Waals surface area contributed by atoms with Gasteiger partial charge in [0.1, 0.15) is 10.6 Å². The number of ether oxygens (including phenoxy) is 1. The zero-order chi connectivity index (χ0) is 15.4. The minimum Gasteiger partial charge on any atom is -0.495 e. The van der Waals surface area contributed by atoms with Gasteiger partial charge in [-0.05, 0) is 38.0 Å². The summed E-state index contributed by atoms with van der Waals surface area (Å²) in [6, 6.07) is 4.62. The lowest BCUT2D eigenvalue weighted by Crippen LogP contribution is -2.43. The zero-order valence-corrected chi connectivity index (χ0v) is 13.3. The molecule has 0 amide bonds. The van der Waals surface area contributed by atoms with Gasteiger partial charge in [-0.15, -0.1) is 0 Å². The van der Waals surface area contributed by atoms with Crippen LogP contribution in [0.1, 0.15) is 39.2 Å². The molecule has 0 heterocycles. The molecular weight excluding hydrogens is 278 g/mol. The Morgan fingerprint density at radius 2 is 2.00 bits per heavy atom. The van der Waals surface area contributed by atoms with Gasteiger partial charge in [-0.2, -0.15) is 0 Å². The average molecular weight is 301 g/mol. The van der Waals surface area contributed by atoms with Crippen LogP contribution in [0, 0.1) is 0 Å². The number of aliphatic hydroxyl groups is 1. The van der Waals surface area contributed by atoms with Crippen LogP contribution < -0.4 is 9.46 Å². The molecule has 1 aromatic carbocycles. The topological polar surface area (TPSA) is 75.6 Å². The Balaban J connectivity index is 3.20. The van der Waals surface area contributed by atoms with Crippen molar-refractivity contribution in [3.63, 3.8) is 0 Å². The van der Waals surface area contributed by atoms with Crippen LogP contribution in [0.3, 0.4) is 0 Å². The van der Waals surface area contributed by atoms with Crippen molar-refractivity contribution in [3.8, 4) is 5.75 Å². The van der Waals surface area contributed by atoms with Crippen LogP contribution in [0.25, 0.3) is 0 Å². The highest BCUT2D eigenvalue weighted by Gasteiger charge is 2.28. The molecule has 0 saturated carbocycles. The Hall–Kier alpha value is -1.11. The second-order valence-corrected chi connectivity index (χ2v) is 7.03. The molecule has 0 radical (unpaired) electrons. The quantitative estimate of drug-likeness (QED) is 0.808. The maximum Gasteiger partial charge on any atom is 0.244 e. The van der Waals surface area contributed by atoms with E-state index in [0.29, 0.717) is 5.56 Å². The molecule has 0 spiro atoms. The van der Waals surface area contributed by atoms with Crippen LogP contribution in [0.15, 0.2) is 23.1 Å². The molecule has 1 rings (SSSR count). The Morgan fingerprint density at radius 1 is 1.35 bits per heavy atom. The molecule has 1 aromatic rings. The highest BCUT2D eigenvalue weighted by Crippen LogP contribution is 2.26. The summed E-state index contributed by atoms with van der Waals surface area (Å²) in [6.07, 6.45) is 1.61. The normalized spacial score (nSPS) is 12.4. The Morgan fingerprint density at radius 3 is 2.50 bits per heavy atom. The summed E-state index contributed by atoms with van der Waals surface area (Å²) in [7, 11) is -2.28. The maximum atomic E-state index is 12.5. The third-order valence-corrected chi connectivity index (χ3v) is 4.71. The molecule has 114 valence electrons. The van der Waals surface area contributed by atoms with E-state index < -0.39 is 15.6 Å². The molecular formula is C14H23NO4S. The van der Waals surface area contributed by atoms with Crippen molar-refractivity contribution in [1.82, 2.24) is 4.72 Å². The summed E-state index contributed by atoms with van der Waals surface area (Å²) >= 11 is 0. The van der Waals surface area contributed by atoms with E-state index in [-0.39, 0.29) is 17.3 Å². The summed E-state index contributed by atoms with van der Waals surface area (Å²) in [5, 5.41) is 9.15. The van der Waals surface area contributed by atoms with E-state index in [0.717, 1.165) is 12.8 Å². The summed E-state index contributed by atoms with van der Waals surface area (Å²) < 4.78 is 32.8. The van der Waals surface area contributed by atoms with Crippen LogP contribution in [-0.4, -0.2) is 26.2 Å². The monoisotopic (exact) mass is 301 g/mol. The van der Waals surface area contributed by atoms with Gasteiger partial charge in [-0.3, -0.25) is 0 Å². The van der Waals surface area contributed by atoms with Gasteiger partial charge in [0.25, 0.3) is 0 Å². The first kappa shape index (κ1) is 16.9. The second-order valence-electron chi connectivity index (χ2n) is 5.38. The van der Waals surface area contributed by atoms with Crippen molar-refractivity contribution >= 4 is 10.0 Å². The lowest BCUT2D eigenvalue weighted by atomic mass is 10.0. The molecule has 0 atom stereocenters. The number of hydrogen-bond acceptors (Lipinski definition) is 4. The van der Waals surface area contributed by atoms with Crippen molar-refractivity contribution in [3.05, 3.63) is 23.8 Å². The molecule has 0 fully saturated rings. The number of rotatable bonds is 7. The standard InChI is InChI=1S/C14H23NO4S/c1-5-8-14(2,3)15-20(17,18)13-9-11(10-16)6-7-12(13)19-4/h6-7,9,15-16H,5,8,10H2,1-4H3. The van der Waals surface area contributed by atoms with Gasteiger partial charge in [0.15, 0.2) is 0 Å². The number of benzene rings is 1. The van der Waals surface area contributed by atoms with E-state index in [1.54, 1.807) is 12.1 Å². The third kappa shape index (κ3) is 4.19. The van der Waals surface area contributed by atoms with Gasteiger partial charge >= 0.3 is 0 Å². The Bertz CT molecular complexity index is 552. The fraction of sp³-hybridized carbons (Fsp3) is 0.571. The largest absolute Gasteiger partial charge is 0.495 e. The predicted molar refractivity (Wildman–Crippen MR) is 78.2 cm³/mol. The molecule has 20 heavy (non-hydrogen) atoms. The summed E-state index contributed by atoms with van der Waals surface area (Å²) in [4.78, 5) is 0.0516. The van der Waals surface area contributed by atoms with E-state index in [2.05, 4.69) is 4.72 Å². The van der Waals surface area contributed by atoms with Crippen molar-refractivity contribution in [1.29, 1.82) is 0 Å². The van der Waals surface area contributed by atoms with Crippen molar-refractivity contribution < 1.29 is 18.3 Å². The molecule has 6 heteroatoms. The van der Waals surface area contributed by atoms with Crippen LogP contribution in [0.4, 0.5) is 0 Å². The van der Waals surface area contributed by atoms with Gasteiger partial charge < -0.3 is 9.84 Å². The lowest BCUT2D eigenvalue weighted by molar-refractivity contribution is 0.281. The molecule has 0 aliphatic carbocycles. The van der Waals surface area contributed by atoms with Gasteiger partial charge in [0.2, 0.25) is 10.0 Å². The minimum atomic E-state index is -3.70. The van der Waals surface area contributed by atoms with E-state index in [1.165, 1.54) is 13.2 Å². The van der Waals surface area contributed by atoms with E-state index >= 15 is 0 Å². The molecule has 2 N–H and O–H groups in total. The van der Waals surface area contributed by atoms with Crippen LogP contribution in [0.5, 0.6) is 5.75 Å². The number of sulfonamides is 1. The van der Waals surface area contributed by atoms with Crippen LogP contribution in [-0.2, 0) is 16.6 Å². The second kappa shape index (κ2) is 6.56. The zero-order valence-electron chi connectivity index (χ0n) is 12.4. The molecule has 0 saturated heterocycles. The highest BCUT2D eigenvalue weighted by molar-refractivity contribution is 7.89. The van der Waals surface area contributed by atoms with E-state index in [1.807, 2.05) is 20.8 Å². The predicted octanol–water partition coefficient (Wildman–Crippen LogP) is 2.04. The van der Waals surface area contributed by atoms with Gasteiger partial charge in [0, 0.05) is 5.54 Å². The number of methoxy groups -OCH3 is 1. The van der Waals surface area contributed by atoms with Crippen molar-refractivity contribution in [2.45, 2.75) is 50.7 Å². The van der Waals surface area contributed by atoms with E-state index in [4.69, 9.17) is 9.84 Å². The highest BCUT2D eigenvalue weighted by atomic mass is 32.2. The van der Waals surface area contributed by atoms with Crippen molar-refractivity contribution in [2.75, 3.05) is 7.11 Å².